The number of carbonyl (C=O) groups excluding carboxylic acids is 1. The molecule has 0 aromatic heterocycles. The molecule has 0 heterocycles. The SMILES string of the molecule is CC(C)(C)NC(=O)N[S+]([O-])c1cc(C#N)ccc1Oc1cccc(-c2ccc(C(F)F)cc2)c1. The number of hydrogen-bond donors (Lipinski definition) is 2. The smallest absolute Gasteiger partial charge is 0.357 e. The average Bonchev–Trinajstić information content (AvgIpc) is 2.78. The Balaban J connectivity index is 1.86. The van der Waals surface area contributed by atoms with E-state index in [0.29, 0.717) is 5.75 Å². The largest absolute Gasteiger partial charge is 0.588 e. The van der Waals surface area contributed by atoms with Crippen molar-refractivity contribution in [3.8, 4) is 28.7 Å². The molecule has 0 aliphatic heterocycles. The lowest BCUT2D eigenvalue weighted by Gasteiger charge is -2.21. The molecule has 0 aliphatic carbocycles. The average molecular weight is 484 g/mol. The van der Waals surface area contributed by atoms with Gasteiger partial charge in [-0.15, -0.1) is 4.72 Å². The van der Waals surface area contributed by atoms with Crippen LogP contribution in [0, 0.1) is 11.3 Å². The van der Waals surface area contributed by atoms with Crippen molar-refractivity contribution >= 4 is 17.4 Å². The summed E-state index contributed by atoms with van der Waals surface area (Å²) in [5.41, 5.74) is 1.11. The Morgan fingerprint density at radius 1 is 1.06 bits per heavy atom. The van der Waals surface area contributed by atoms with Gasteiger partial charge in [0.05, 0.1) is 11.6 Å². The van der Waals surface area contributed by atoms with E-state index in [1.54, 1.807) is 57.2 Å². The molecule has 34 heavy (non-hydrogen) atoms. The third-order valence-electron chi connectivity index (χ3n) is 4.50. The Morgan fingerprint density at radius 2 is 1.76 bits per heavy atom. The van der Waals surface area contributed by atoms with Crippen LogP contribution in [0.4, 0.5) is 13.6 Å². The van der Waals surface area contributed by atoms with Crippen LogP contribution in [0.5, 0.6) is 11.5 Å². The molecule has 0 bridgehead atoms. The fourth-order valence-electron chi connectivity index (χ4n) is 3.00. The van der Waals surface area contributed by atoms with E-state index in [-0.39, 0.29) is 21.8 Å². The van der Waals surface area contributed by atoms with Gasteiger partial charge in [-0.2, -0.15) is 5.26 Å². The molecular formula is C25H23F2N3O3S. The van der Waals surface area contributed by atoms with Gasteiger partial charge >= 0.3 is 6.03 Å². The summed E-state index contributed by atoms with van der Waals surface area (Å²) in [4.78, 5) is 12.3. The first-order valence-electron chi connectivity index (χ1n) is 10.3. The molecule has 0 saturated carbocycles. The van der Waals surface area contributed by atoms with Gasteiger partial charge in [-0.25, -0.2) is 13.6 Å². The summed E-state index contributed by atoms with van der Waals surface area (Å²) in [6.45, 7) is 5.36. The Bertz CT molecular complexity index is 1210. The molecule has 9 heteroatoms. The first-order valence-corrected chi connectivity index (χ1v) is 11.4. The van der Waals surface area contributed by atoms with Gasteiger partial charge in [-0.3, -0.25) is 0 Å². The molecule has 2 amide bonds. The van der Waals surface area contributed by atoms with Crippen LogP contribution in [-0.4, -0.2) is 16.1 Å². The maximum Gasteiger partial charge on any atom is 0.357 e. The Labute approximate surface area is 199 Å². The number of hydrogen-bond acceptors (Lipinski definition) is 4. The van der Waals surface area contributed by atoms with Crippen LogP contribution in [0.25, 0.3) is 11.1 Å². The third kappa shape index (κ3) is 6.70. The van der Waals surface area contributed by atoms with Crippen LogP contribution in [0.15, 0.2) is 71.6 Å². The van der Waals surface area contributed by atoms with Gasteiger partial charge in [0.2, 0.25) is 4.90 Å². The Morgan fingerprint density at radius 3 is 2.38 bits per heavy atom. The fraction of sp³-hybridized carbons (Fsp3) is 0.200. The molecule has 6 nitrogen and oxygen atoms in total. The lowest BCUT2D eigenvalue weighted by molar-refractivity contribution is 0.151. The van der Waals surface area contributed by atoms with Crippen LogP contribution >= 0.6 is 0 Å². The molecule has 176 valence electrons. The highest BCUT2D eigenvalue weighted by Gasteiger charge is 2.24. The Kier molecular flexibility index (Phi) is 7.76. The predicted molar refractivity (Wildman–Crippen MR) is 126 cm³/mol. The number of alkyl halides is 2. The minimum atomic E-state index is -2.54. The molecule has 0 radical (unpaired) electrons. The summed E-state index contributed by atoms with van der Waals surface area (Å²) in [5.74, 6) is 0.594. The zero-order valence-electron chi connectivity index (χ0n) is 18.8. The Hall–Kier alpha value is -3.61. The quantitative estimate of drug-likeness (QED) is 0.416. The highest BCUT2D eigenvalue weighted by molar-refractivity contribution is 7.90. The summed E-state index contributed by atoms with van der Waals surface area (Å²) < 4.78 is 46.8. The van der Waals surface area contributed by atoms with Crippen LogP contribution in [0.2, 0.25) is 0 Å². The van der Waals surface area contributed by atoms with Gasteiger partial charge in [-0.05, 0) is 56.2 Å². The molecule has 2 N–H and O–H groups in total. The number of nitriles is 1. The van der Waals surface area contributed by atoms with Crippen molar-refractivity contribution in [3.05, 3.63) is 77.9 Å². The third-order valence-corrected chi connectivity index (χ3v) is 5.59. The van der Waals surface area contributed by atoms with Crippen molar-refractivity contribution in [2.24, 2.45) is 0 Å². The van der Waals surface area contributed by atoms with Gasteiger partial charge in [0.25, 0.3) is 6.43 Å². The highest BCUT2D eigenvalue weighted by Crippen LogP contribution is 2.32. The standard InChI is InChI=1S/C25H23F2N3O3S/c1-25(2,3)29-24(31)30-34(32)22-13-16(15-28)7-12-21(22)33-20-6-4-5-19(14-20)17-8-10-18(11-9-17)23(26)27/h4-14,23H,1-3H3,(H2,29,30,31). The number of benzene rings is 3. The first kappa shape index (κ1) is 25.0. The molecule has 0 spiro atoms. The molecule has 0 aliphatic rings. The van der Waals surface area contributed by atoms with Crippen LogP contribution in [0.1, 0.15) is 38.3 Å². The van der Waals surface area contributed by atoms with Gasteiger partial charge in [0.15, 0.2) is 5.75 Å². The van der Waals surface area contributed by atoms with E-state index in [1.807, 2.05) is 6.07 Å². The molecular weight excluding hydrogens is 460 g/mol. The molecule has 3 aromatic carbocycles. The van der Waals surface area contributed by atoms with Crippen LogP contribution < -0.4 is 14.8 Å². The predicted octanol–water partition coefficient (Wildman–Crippen LogP) is 6.08. The molecule has 1 atom stereocenters. The topological polar surface area (TPSA) is 97.2 Å². The number of urea groups is 1. The van der Waals surface area contributed by atoms with Gasteiger partial charge < -0.3 is 14.6 Å². The van der Waals surface area contributed by atoms with Crippen molar-refractivity contribution in [2.75, 3.05) is 0 Å². The minimum Gasteiger partial charge on any atom is -0.588 e. The van der Waals surface area contributed by atoms with Crippen molar-refractivity contribution in [1.82, 2.24) is 10.0 Å². The molecule has 0 fully saturated rings. The second-order valence-electron chi connectivity index (χ2n) is 8.40. The highest BCUT2D eigenvalue weighted by atomic mass is 32.2. The van der Waals surface area contributed by atoms with E-state index < -0.39 is 29.4 Å². The van der Waals surface area contributed by atoms with Crippen LogP contribution in [-0.2, 0) is 11.4 Å². The van der Waals surface area contributed by atoms with E-state index >= 15 is 0 Å². The van der Waals surface area contributed by atoms with Crippen molar-refractivity contribution in [2.45, 2.75) is 37.6 Å². The molecule has 3 rings (SSSR count). The van der Waals surface area contributed by atoms with Gasteiger partial charge in [0, 0.05) is 17.2 Å². The number of carbonyl (C=O) groups is 1. The monoisotopic (exact) mass is 483 g/mol. The number of nitrogens with zero attached hydrogens (tertiary/aromatic N) is 1. The fourth-order valence-corrected chi connectivity index (χ4v) is 3.86. The summed E-state index contributed by atoms with van der Waals surface area (Å²) >= 11 is -2.00. The maximum atomic E-state index is 12.9. The number of nitrogens with one attached hydrogen (secondary N) is 2. The number of halogens is 2. The summed E-state index contributed by atoms with van der Waals surface area (Å²) in [7, 11) is 0. The van der Waals surface area contributed by atoms with Crippen molar-refractivity contribution in [3.63, 3.8) is 0 Å². The molecule has 0 saturated heterocycles. The van der Waals surface area contributed by atoms with Crippen molar-refractivity contribution < 1.29 is 22.9 Å². The van der Waals surface area contributed by atoms with Crippen LogP contribution in [0.3, 0.4) is 0 Å². The minimum absolute atomic E-state index is 0.0659. The number of amides is 2. The lowest BCUT2D eigenvalue weighted by atomic mass is 10.0. The maximum absolute atomic E-state index is 12.9. The number of ether oxygens (including phenoxy) is 1. The van der Waals surface area contributed by atoms with E-state index in [0.717, 1.165) is 11.1 Å². The van der Waals surface area contributed by atoms with E-state index in [2.05, 4.69) is 10.0 Å². The normalized spacial score (nSPS) is 12.1. The van der Waals surface area contributed by atoms with Gasteiger partial charge in [0.1, 0.15) is 17.1 Å². The summed E-state index contributed by atoms with van der Waals surface area (Å²) in [6, 6.07) is 18.6. The first-order chi connectivity index (χ1) is 16.1. The second kappa shape index (κ2) is 10.5. The lowest BCUT2D eigenvalue weighted by Crippen LogP contribution is -2.48. The second-order valence-corrected chi connectivity index (χ2v) is 9.58. The molecule has 3 aromatic rings. The number of rotatable bonds is 6. The van der Waals surface area contributed by atoms with E-state index in [1.165, 1.54) is 30.3 Å². The summed E-state index contributed by atoms with van der Waals surface area (Å²) in [5, 5.41) is 11.9. The zero-order chi connectivity index (χ0) is 24.9. The summed E-state index contributed by atoms with van der Waals surface area (Å²) in [6.07, 6.45) is -2.54. The van der Waals surface area contributed by atoms with Gasteiger partial charge in [-0.1, -0.05) is 36.4 Å². The zero-order valence-corrected chi connectivity index (χ0v) is 19.6. The molecule has 1 unspecified atom stereocenters. The van der Waals surface area contributed by atoms with E-state index in [4.69, 9.17) is 4.74 Å². The van der Waals surface area contributed by atoms with E-state index in [9.17, 15) is 23.4 Å². The van der Waals surface area contributed by atoms with Crippen molar-refractivity contribution in [1.29, 1.82) is 5.26 Å².